The van der Waals surface area contributed by atoms with Crippen LogP contribution in [0.4, 0.5) is 0 Å². The van der Waals surface area contributed by atoms with Gasteiger partial charge in [-0.2, -0.15) is 0 Å². The number of rotatable bonds is 8. The Balaban J connectivity index is 1.71. The molecule has 0 N–H and O–H groups in total. The average Bonchev–Trinajstić information content (AvgIpc) is 3.27. The monoisotopic (exact) mass is 333 g/mol. The van der Waals surface area contributed by atoms with Gasteiger partial charge in [-0.15, -0.1) is 11.3 Å². The highest BCUT2D eigenvalue weighted by Gasteiger charge is 2.24. The first-order chi connectivity index (χ1) is 11.3. The van der Waals surface area contributed by atoms with E-state index in [0.29, 0.717) is 6.04 Å². The van der Waals surface area contributed by atoms with Gasteiger partial charge in [-0.3, -0.25) is 4.90 Å². The molecule has 0 saturated heterocycles. The number of hydrogen-bond donors (Lipinski definition) is 0. The molecule has 0 aliphatic heterocycles. The zero-order valence-corrected chi connectivity index (χ0v) is 15.0. The fourth-order valence-electron chi connectivity index (χ4n) is 3.43. The van der Waals surface area contributed by atoms with Gasteiger partial charge in [0.1, 0.15) is 0 Å². The van der Waals surface area contributed by atoms with Crippen molar-refractivity contribution in [1.29, 1.82) is 0 Å². The molecule has 0 atom stereocenters. The van der Waals surface area contributed by atoms with Gasteiger partial charge < -0.3 is 9.30 Å². The summed E-state index contributed by atoms with van der Waals surface area (Å²) in [6, 6.07) is 5.23. The molecular formula is C18H27N3OS. The van der Waals surface area contributed by atoms with E-state index in [1.54, 1.807) is 7.11 Å². The summed E-state index contributed by atoms with van der Waals surface area (Å²) in [5, 5.41) is 0. The third-order valence-corrected chi connectivity index (χ3v) is 5.68. The van der Waals surface area contributed by atoms with Crippen molar-refractivity contribution in [3.63, 3.8) is 0 Å². The van der Waals surface area contributed by atoms with E-state index in [1.807, 2.05) is 23.9 Å². The molecule has 2 aromatic heterocycles. The standard InChI is InChI=1S/C18H27N3OS/c1-15-7-8-18(23-15)13-21(16-5-3-4-6-16)12-17-11-19-14-20(17)9-10-22-2/h7-8,11,14,16H,3-6,9-10,12-13H2,1-2H3. The quantitative estimate of drug-likeness (QED) is 0.735. The van der Waals surface area contributed by atoms with E-state index < -0.39 is 0 Å². The number of hydrogen-bond acceptors (Lipinski definition) is 4. The van der Waals surface area contributed by atoms with Gasteiger partial charge in [0, 0.05) is 48.7 Å². The molecule has 3 rings (SSSR count). The molecule has 0 unspecified atom stereocenters. The van der Waals surface area contributed by atoms with E-state index in [-0.39, 0.29) is 0 Å². The van der Waals surface area contributed by atoms with E-state index in [9.17, 15) is 0 Å². The molecule has 2 aromatic rings. The maximum atomic E-state index is 5.21. The van der Waals surface area contributed by atoms with E-state index in [4.69, 9.17) is 4.74 Å². The highest BCUT2D eigenvalue weighted by Crippen LogP contribution is 2.28. The zero-order valence-electron chi connectivity index (χ0n) is 14.2. The number of nitrogens with zero attached hydrogens (tertiary/aromatic N) is 3. The van der Waals surface area contributed by atoms with E-state index >= 15 is 0 Å². The van der Waals surface area contributed by atoms with Gasteiger partial charge in [-0.05, 0) is 31.9 Å². The summed E-state index contributed by atoms with van der Waals surface area (Å²) in [5.41, 5.74) is 1.29. The Morgan fingerprint density at radius 2 is 2.13 bits per heavy atom. The summed E-state index contributed by atoms with van der Waals surface area (Å²) in [7, 11) is 1.75. The van der Waals surface area contributed by atoms with Crippen molar-refractivity contribution in [2.75, 3.05) is 13.7 Å². The summed E-state index contributed by atoms with van der Waals surface area (Å²) >= 11 is 1.92. The van der Waals surface area contributed by atoms with Crippen molar-refractivity contribution in [1.82, 2.24) is 14.5 Å². The second-order valence-corrected chi connectivity index (χ2v) is 7.80. The molecule has 23 heavy (non-hydrogen) atoms. The molecule has 1 fully saturated rings. The summed E-state index contributed by atoms with van der Waals surface area (Å²) in [6.45, 7) is 5.83. The van der Waals surface area contributed by atoms with Gasteiger partial charge in [-0.1, -0.05) is 12.8 Å². The van der Waals surface area contributed by atoms with Crippen LogP contribution < -0.4 is 0 Å². The molecular weight excluding hydrogens is 306 g/mol. The molecule has 126 valence electrons. The molecule has 5 heteroatoms. The van der Waals surface area contributed by atoms with Crippen molar-refractivity contribution in [3.05, 3.63) is 40.1 Å². The topological polar surface area (TPSA) is 30.3 Å². The fraction of sp³-hybridized carbons (Fsp3) is 0.611. The van der Waals surface area contributed by atoms with Crippen LogP contribution in [0.25, 0.3) is 0 Å². The molecule has 0 bridgehead atoms. The van der Waals surface area contributed by atoms with Crippen LogP contribution in [-0.4, -0.2) is 34.2 Å². The predicted molar refractivity (Wildman–Crippen MR) is 94.7 cm³/mol. The number of methoxy groups -OCH3 is 1. The SMILES string of the molecule is COCCn1cncc1CN(Cc1ccc(C)s1)C1CCCC1. The highest BCUT2D eigenvalue weighted by atomic mass is 32.1. The van der Waals surface area contributed by atoms with Gasteiger partial charge in [0.2, 0.25) is 0 Å². The molecule has 0 amide bonds. The second-order valence-electron chi connectivity index (χ2n) is 6.43. The normalized spacial score (nSPS) is 15.8. The number of aromatic nitrogens is 2. The number of aryl methyl sites for hydroxylation is 1. The average molecular weight is 334 g/mol. The molecule has 1 aliphatic carbocycles. The predicted octanol–water partition coefficient (Wildman–Crippen LogP) is 3.84. The first-order valence-corrected chi connectivity index (χ1v) is 9.35. The number of ether oxygens (including phenoxy) is 1. The van der Waals surface area contributed by atoms with Gasteiger partial charge in [0.25, 0.3) is 0 Å². The van der Waals surface area contributed by atoms with Crippen LogP contribution in [0.2, 0.25) is 0 Å². The minimum Gasteiger partial charge on any atom is -0.383 e. The lowest BCUT2D eigenvalue weighted by Crippen LogP contribution is -2.32. The van der Waals surface area contributed by atoms with Gasteiger partial charge >= 0.3 is 0 Å². The minimum absolute atomic E-state index is 0.711. The first kappa shape index (κ1) is 16.7. The molecule has 2 heterocycles. The molecule has 0 aromatic carbocycles. The van der Waals surface area contributed by atoms with Crippen molar-refractivity contribution in [3.8, 4) is 0 Å². The number of imidazole rings is 1. The van der Waals surface area contributed by atoms with Gasteiger partial charge in [-0.25, -0.2) is 4.98 Å². The largest absolute Gasteiger partial charge is 0.383 e. The lowest BCUT2D eigenvalue weighted by molar-refractivity contribution is 0.168. The Labute approximate surface area is 143 Å². The third kappa shape index (κ3) is 4.43. The first-order valence-electron chi connectivity index (χ1n) is 8.53. The molecule has 0 spiro atoms. The van der Waals surface area contributed by atoms with E-state index in [0.717, 1.165) is 26.2 Å². The maximum Gasteiger partial charge on any atom is 0.0949 e. The fourth-order valence-corrected chi connectivity index (χ4v) is 4.35. The third-order valence-electron chi connectivity index (χ3n) is 4.70. The Kier molecular flexibility index (Phi) is 5.86. The highest BCUT2D eigenvalue weighted by molar-refractivity contribution is 7.11. The molecule has 0 radical (unpaired) electrons. The molecule has 1 saturated carbocycles. The van der Waals surface area contributed by atoms with Crippen LogP contribution in [-0.2, 0) is 24.4 Å². The molecule has 1 aliphatic rings. The van der Waals surface area contributed by atoms with Crippen molar-refractivity contribution in [2.24, 2.45) is 0 Å². The smallest absolute Gasteiger partial charge is 0.0949 e. The minimum atomic E-state index is 0.711. The van der Waals surface area contributed by atoms with Crippen molar-refractivity contribution < 1.29 is 4.74 Å². The summed E-state index contributed by atoms with van der Waals surface area (Å²) in [4.78, 5) is 9.87. The second kappa shape index (κ2) is 8.08. The van der Waals surface area contributed by atoms with Crippen LogP contribution in [0.3, 0.4) is 0 Å². The van der Waals surface area contributed by atoms with Crippen LogP contribution in [0, 0.1) is 6.92 Å². The van der Waals surface area contributed by atoms with Crippen LogP contribution >= 0.6 is 11.3 Å². The Morgan fingerprint density at radius 1 is 1.30 bits per heavy atom. The Hall–Kier alpha value is -1.17. The lowest BCUT2D eigenvalue weighted by Gasteiger charge is -2.28. The van der Waals surface area contributed by atoms with Crippen LogP contribution in [0.1, 0.15) is 41.1 Å². The Morgan fingerprint density at radius 3 is 2.83 bits per heavy atom. The van der Waals surface area contributed by atoms with Crippen LogP contribution in [0.5, 0.6) is 0 Å². The summed E-state index contributed by atoms with van der Waals surface area (Å²) in [6.07, 6.45) is 9.34. The maximum absolute atomic E-state index is 5.21. The van der Waals surface area contributed by atoms with Crippen LogP contribution in [0.15, 0.2) is 24.7 Å². The summed E-state index contributed by atoms with van der Waals surface area (Å²) in [5.74, 6) is 0. The van der Waals surface area contributed by atoms with Crippen molar-refractivity contribution >= 4 is 11.3 Å². The summed E-state index contributed by atoms with van der Waals surface area (Å²) < 4.78 is 7.44. The number of thiophene rings is 1. The van der Waals surface area contributed by atoms with Gasteiger partial charge in [0.15, 0.2) is 0 Å². The van der Waals surface area contributed by atoms with E-state index in [2.05, 4.69) is 33.5 Å². The molecule has 4 nitrogen and oxygen atoms in total. The zero-order chi connectivity index (χ0) is 16.1. The van der Waals surface area contributed by atoms with Gasteiger partial charge in [0.05, 0.1) is 18.6 Å². The lowest BCUT2D eigenvalue weighted by atomic mass is 10.2. The Bertz CT molecular complexity index is 601. The van der Waals surface area contributed by atoms with E-state index in [1.165, 1.54) is 41.1 Å². The van der Waals surface area contributed by atoms with Crippen molar-refractivity contribution in [2.45, 2.75) is 58.3 Å².